The molecule has 45 heavy (non-hydrogen) atoms. The molecule has 0 bridgehead atoms. The van der Waals surface area contributed by atoms with Crippen molar-refractivity contribution < 1.29 is 9.15 Å². The van der Waals surface area contributed by atoms with Crippen molar-refractivity contribution in [3.8, 4) is 0 Å². The van der Waals surface area contributed by atoms with Gasteiger partial charge in [-0.2, -0.15) is 9.13 Å². The van der Waals surface area contributed by atoms with Crippen molar-refractivity contribution in [1.29, 1.82) is 0 Å². The van der Waals surface area contributed by atoms with Gasteiger partial charge < -0.3 is 0 Å². The molecule has 0 atom stereocenters. The second-order valence-corrected chi connectivity index (χ2v) is 15.6. The van der Waals surface area contributed by atoms with Gasteiger partial charge in [0.05, 0.1) is 44.4 Å². The average molecular weight is 649 g/mol. The Morgan fingerprint density at radius 2 is 0.867 bits per heavy atom. The standard InChI is InChI=1S/C37H20N4S4/c1-5-29(42-17-1)33-21-9-11-23-34(30-6-2-18-43-30)25-13-15-27-36(32-8-4-20-45-32)28-16-14-26-35(31-7-3-19-44-31)24-12-10-22(33)39(24)37(38(21)23,40(25)27)41(26)28/h1-20H/q+2. The third-order valence-corrected chi connectivity index (χ3v) is 13.4. The van der Waals surface area contributed by atoms with Crippen molar-refractivity contribution in [2.24, 2.45) is 0 Å². The van der Waals surface area contributed by atoms with Crippen molar-refractivity contribution in [2.45, 2.75) is 5.91 Å². The van der Waals surface area contributed by atoms with Crippen LogP contribution in [0.4, 0.5) is 0 Å². The zero-order valence-corrected chi connectivity index (χ0v) is 26.7. The first-order valence-electron chi connectivity index (χ1n) is 14.9. The van der Waals surface area contributed by atoms with Gasteiger partial charge in [-0.25, -0.2) is 0 Å². The van der Waals surface area contributed by atoms with Gasteiger partial charge >= 0.3 is 5.91 Å². The van der Waals surface area contributed by atoms with Crippen LogP contribution in [-0.2, 0) is 5.91 Å². The molecule has 6 aromatic rings. The Hall–Kier alpha value is -4.60. The molecule has 1 spiro atoms. The molecule has 0 radical (unpaired) electrons. The highest BCUT2D eigenvalue weighted by Gasteiger charge is 2.73. The van der Waals surface area contributed by atoms with Crippen LogP contribution in [0.1, 0.15) is 30.9 Å². The maximum Gasteiger partial charge on any atom is 0.553 e. The van der Waals surface area contributed by atoms with E-state index in [1.165, 1.54) is 86.7 Å². The summed E-state index contributed by atoms with van der Waals surface area (Å²) in [4.78, 5) is 5.17. The van der Waals surface area contributed by atoms with E-state index in [-0.39, 0.29) is 0 Å². The van der Waals surface area contributed by atoms with Crippen molar-refractivity contribution in [2.75, 3.05) is 0 Å². The zero-order valence-electron chi connectivity index (χ0n) is 23.5. The predicted molar refractivity (Wildman–Crippen MR) is 185 cm³/mol. The lowest BCUT2D eigenvalue weighted by atomic mass is 9.98. The number of hydrogen-bond donors (Lipinski definition) is 0. The van der Waals surface area contributed by atoms with Crippen LogP contribution in [0.2, 0.25) is 0 Å². The van der Waals surface area contributed by atoms with E-state index >= 15 is 0 Å². The Balaban J connectivity index is 1.38. The molecule has 0 saturated heterocycles. The summed E-state index contributed by atoms with van der Waals surface area (Å²) < 4.78 is 10.6. The number of rotatable bonds is 4. The van der Waals surface area contributed by atoms with Gasteiger partial charge in [-0.1, -0.05) is 33.4 Å². The minimum Gasteiger partial charge on any atom is -0.198 e. The maximum atomic E-state index is 2.66. The van der Waals surface area contributed by atoms with Gasteiger partial charge in [0.1, 0.15) is 0 Å². The molecular formula is C37H20N4S4+2. The van der Waals surface area contributed by atoms with E-state index in [0.29, 0.717) is 0 Å². The molecule has 4 nitrogen and oxygen atoms in total. The van der Waals surface area contributed by atoms with Crippen LogP contribution in [0.3, 0.4) is 0 Å². The molecule has 6 aromatic heterocycles. The minimum absolute atomic E-state index is 0.687. The molecule has 12 heterocycles. The Morgan fingerprint density at radius 1 is 0.444 bits per heavy atom. The molecule has 0 aromatic carbocycles. The number of thiophene rings is 4. The quantitative estimate of drug-likeness (QED) is 0.190. The summed E-state index contributed by atoms with van der Waals surface area (Å²) in [6.07, 6.45) is 9.48. The number of hydrogen-bond acceptors (Lipinski definition) is 4. The van der Waals surface area contributed by atoms with Crippen molar-refractivity contribution in [3.05, 3.63) is 172 Å². The smallest absolute Gasteiger partial charge is 0.198 e. The zero-order chi connectivity index (χ0) is 29.0. The third kappa shape index (κ3) is 2.54. The third-order valence-electron chi connectivity index (χ3n) is 9.84. The molecule has 6 aliphatic rings. The molecule has 0 amide bonds. The Morgan fingerprint density at radius 3 is 1.27 bits per heavy atom. The second-order valence-electron chi connectivity index (χ2n) is 11.8. The van der Waals surface area contributed by atoms with E-state index in [4.69, 9.17) is 0 Å². The van der Waals surface area contributed by atoms with Gasteiger partial charge in [-0.05, 0) is 70.1 Å². The van der Waals surface area contributed by atoms with E-state index in [0.717, 1.165) is 0 Å². The van der Waals surface area contributed by atoms with Gasteiger partial charge in [0.25, 0.3) is 0 Å². The maximum absolute atomic E-state index is 2.66. The summed E-state index contributed by atoms with van der Waals surface area (Å²) in [5.74, 6) is -0.687. The van der Waals surface area contributed by atoms with Gasteiger partial charge in [0, 0.05) is 43.8 Å². The first-order chi connectivity index (χ1) is 22.4. The first kappa shape index (κ1) is 23.7. The van der Waals surface area contributed by atoms with Gasteiger partial charge in [0.15, 0.2) is 0 Å². The minimum atomic E-state index is -0.687. The summed E-state index contributed by atoms with van der Waals surface area (Å²) in [6, 6.07) is 27.3. The van der Waals surface area contributed by atoms with Crippen molar-refractivity contribution >= 4 is 79.1 Å². The average Bonchev–Trinajstić information content (AvgIpc) is 3.92. The van der Waals surface area contributed by atoms with Crippen LogP contribution in [0.5, 0.6) is 0 Å². The van der Waals surface area contributed by atoms with Crippen LogP contribution in [0, 0.1) is 0 Å². The summed E-state index contributed by atoms with van der Waals surface area (Å²) >= 11 is 7.29. The van der Waals surface area contributed by atoms with E-state index in [2.05, 4.69) is 137 Å². The second kappa shape index (κ2) is 7.97. The molecule has 12 rings (SSSR count). The largest absolute Gasteiger partial charge is 0.553 e. The fourth-order valence-corrected chi connectivity index (χ4v) is 11.6. The highest BCUT2D eigenvalue weighted by atomic mass is 32.1. The normalized spacial score (nSPS) is 19.1. The highest BCUT2D eigenvalue weighted by Crippen LogP contribution is 2.53. The summed E-state index contributed by atoms with van der Waals surface area (Å²) in [5.41, 5.74) is 12.7. The SMILES string of the molecule is C1=CC2=[N+]3C1=C(c1cccs1)c1ccc4n1C31n3c(ccc3=C(c3cccs3)C3=[N+]1C(=C4c1cccs1)C=C3)=C2c1cccs1. The van der Waals surface area contributed by atoms with Crippen molar-refractivity contribution in [1.82, 2.24) is 9.13 Å². The monoisotopic (exact) mass is 648 g/mol. The lowest BCUT2D eigenvalue weighted by Crippen LogP contribution is -2.71. The number of allylic oxidation sites excluding steroid dienone is 4. The molecule has 0 aliphatic carbocycles. The predicted octanol–water partition coefficient (Wildman–Crippen LogP) is 6.67. The van der Waals surface area contributed by atoms with Crippen LogP contribution >= 0.6 is 45.3 Å². The van der Waals surface area contributed by atoms with E-state index in [9.17, 15) is 0 Å². The van der Waals surface area contributed by atoms with E-state index < -0.39 is 5.91 Å². The lowest BCUT2D eigenvalue weighted by Gasteiger charge is -2.40. The Labute approximate surface area is 273 Å². The lowest BCUT2D eigenvalue weighted by molar-refractivity contribution is -0.834. The van der Waals surface area contributed by atoms with Gasteiger partial charge in [0.2, 0.25) is 22.8 Å². The molecule has 8 heteroatoms. The molecule has 0 unspecified atom stereocenters. The van der Waals surface area contributed by atoms with Crippen LogP contribution < -0.4 is 10.7 Å². The molecule has 0 N–H and O–H groups in total. The van der Waals surface area contributed by atoms with E-state index in [1.54, 1.807) is 0 Å². The van der Waals surface area contributed by atoms with Crippen LogP contribution in [-0.4, -0.2) is 29.7 Å². The summed E-state index contributed by atoms with van der Waals surface area (Å²) in [6.45, 7) is 0. The molecule has 0 saturated carbocycles. The highest BCUT2D eigenvalue weighted by molar-refractivity contribution is 7.12. The van der Waals surface area contributed by atoms with E-state index in [1.807, 2.05) is 45.3 Å². The van der Waals surface area contributed by atoms with Crippen LogP contribution in [0.15, 0.2) is 130 Å². The molecule has 0 fully saturated rings. The fourth-order valence-electron chi connectivity index (χ4n) is 8.42. The summed E-state index contributed by atoms with van der Waals surface area (Å²) in [7, 11) is 0. The van der Waals surface area contributed by atoms with Crippen LogP contribution in [0.25, 0.3) is 22.3 Å². The number of nitrogens with zero attached hydrogens (tertiary/aromatic N) is 4. The van der Waals surface area contributed by atoms with Gasteiger partial charge in [-0.15, -0.1) is 45.3 Å². The fraction of sp³-hybridized carbons (Fsp3) is 0.0270. The molecule has 6 aliphatic heterocycles. The topological polar surface area (TPSA) is 15.9 Å². The molecule has 210 valence electrons. The van der Waals surface area contributed by atoms with Gasteiger partial charge in [-0.3, -0.25) is 0 Å². The Kier molecular flexibility index (Phi) is 4.20. The molecular weight excluding hydrogens is 629 g/mol. The van der Waals surface area contributed by atoms with Crippen molar-refractivity contribution in [3.63, 3.8) is 0 Å². The first-order valence-corrected chi connectivity index (χ1v) is 18.4. The number of aromatic nitrogens is 2. The Bertz CT molecular complexity index is 2480. The summed E-state index contributed by atoms with van der Waals surface area (Å²) in [5, 5.41) is 11.3.